The van der Waals surface area contributed by atoms with Crippen molar-refractivity contribution in [2.24, 2.45) is 7.05 Å². The van der Waals surface area contributed by atoms with Gasteiger partial charge in [0.1, 0.15) is 5.65 Å². The van der Waals surface area contributed by atoms with Crippen LogP contribution in [0.25, 0.3) is 11.0 Å². The standard InChI is InChI=1S/C23H18ClF3N4O4S/c1-30-8-7-16-9-14(11-28-20(16)30)13-31(21-19(24)10-17(12-29-21)23(25,26)27)36(33,34)18-5-3-15(4-6-18)22(32)35-2/h3-12H,13H2,1-2H3. The zero-order valence-electron chi connectivity index (χ0n) is 18.8. The van der Waals surface area contributed by atoms with Gasteiger partial charge in [-0.15, -0.1) is 0 Å². The summed E-state index contributed by atoms with van der Waals surface area (Å²) >= 11 is 6.13. The molecule has 36 heavy (non-hydrogen) atoms. The minimum Gasteiger partial charge on any atom is -0.465 e. The molecule has 0 aliphatic carbocycles. The number of fused-ring (bicyclic) bond motifs is 1. The first-order valence-electron chi connectivity index (χ1n) is 10.3. The average Bonchev–Trinajstić information content (AvgIpc) is 3.21. The first-order valence-corrected chi connectivity index (χ1v) is 12.1. The fourth-order valence-corrected chi connectivity index (χ4v) is 5.25. The molecule has 0 atom stereocenters. The maximum atomic E-state index is 13.7. The van der Waals surface area contributed by atoms with Crippen LogP contribution >= 0.6 is 11.6 Å². The Hall–Kier alpha value is -3.64. The molecule has 3 heterocycles. The maximum Gasteiger partial charge on any atom is 0.417 e. The fraction of sp³-hybridized carbons (Fsp3) is 0.174. The number of hydrogen-bond acceptors (Lipinski definition) is 6. The van der Waals surface area contributed by atoms with E-state index in [1.807, 2.05) is 0 Å². The van der Waals surface area contributed by atoms with Gasteiger partial charge in [0, 0.05) is 31.0 Å². The molecule has 0 spiro atoms. The number of pyridine rings is 2. The van der Waals surface area contributed by atoms with Gasteiger partial charge in [-0.2, -0.15) is 13.2 Å². The van der Waals surface area contributed by atoms with Gasteiger partial charge in [0.05, 0.1) is 34.7 Å². The predicted molar refractivity (Wildman–Crippen MR) is 126 cm³/mol. The number of aromatic nitrogens is 3. The van der Waals surface area contributed by atoms with Crippen LogP contribution in [0.2, 0.25) is 5.02 Å². The molecule has 3 aromatic heterocycles. The number of halogens is 4. The Kier molecular flexibility index (Phi) is 6.67. The van der Waals surface area contributed by atoms with Crippen LogP contribution in [0.15, 0.2) is 66.0 Å². The van der Waals surface area contributed by atoms with Gasteiger partial charge in [0.25, 0.3) is 10.0 Å². The number of carbonyl (C=O) groups is 1. The van der Waals surface area contributed by atoms with E-state index in [-0.39, 0.29) is 17.0 Å². The van der Waals surface area contributed by atoms with Gasteiger partial charge in [0.15, 0.2) is 5.82 Å². The van der Waals surface area contributed by atoms with E-state index in [2.05, 4.69) is 14.7 Å². The van der Waals surface area contributed by atoms with E-state index in [0.717, 1.165) is 9.69 Å². The molecule has 13 heteroatoms. The quantitative estimate of drug-likeness (QED) is 0.327. The highest BCUT2D eigenvalue weighted by Crippen LogP contribution is 2.36. The zero-order chi connectivity index (χ0) is 26.3. The SMILES string of the molecule is COC(=O)c1ccc(S(=O)(=O)N(Cc2cnc3c(ccn3C)c2)c2ncc(C(F)(F)F)cc2Cl)cc1. The molecule has 0 bridgehead atoms. The van der Waals surface area contributed by atoms with E-state index < -0.39 is 38.6 Å². The number of aryl methyl sites for hydroxylation is 1. The Labute approximate surface area is 209 Å². The third kappa shape index (κ3) is 4.86. The molecule has 0 aliphatic heterocycles. The van der Waals surface area contributed by atoms with E-state index in [0.29, 0.717) is 23.5 Å². The summed E-state index contributed by atoms with van der Waals surface area (Å²) in [4.78, 5) is 19.6. The third-order valence-corrected chi connectivity index (χ3v) is 7.37. The van der Waals surface area contributed by atoms with E-state index in [9.17, 15) is 26.4 Å². The van der Waals surface area contributed by atoms with E-state index in [4.69, 9.17) is 11.6 Å². The number of nitrogens with zero attached hydrogens (tertiary/aromatic N) is 4. The minimum absolute atomic E-state index is 0.118. The van der Waals surface area contributed by atoms with Crippen LogP contribution in [0.3, 0.4) is 0 Å². The van der Waals surface area contributed by atoms with Crippen molar-refractivity contribution in [1.82, 2.24) is 14.5 Å². The lowest BCUT2D eigenvalue weighted by atomic mass is 10.2. The molecule has 0 saturated heterocycles. The molecule has 4 aromatic rings. The van der Waals surface area contributed by atoms with Gasteiger partial charge in [-0.1, -0.05) is 11.6 Å². The molecular weight excluding hydrogens is 521 g/mol. The highest BCUT2D eigenvalue weighted by molar-refractivity contribution is 7.92. The number of rotatable bonds is 6. The number of methoxy groups -OCH3 is 1. The summed E-state index contributed by atoms with van der Waals surface area (Å²) < 4.78 is 74.0. The second-order valence-corrected chi connectivity index (χ2v) is 10.0. The molecule has 0 saturated carbocycles. The number of hydrogen-bond donors (Lipinski definition) is 0. The first kappa shape index (κ1) is 25.5. The van der Waals surface area contributed by atoms with Crippen molar-refractivity contribution in [3.8, 4) is 0 Å². The second-order valence-electron chi connectivity index (χ2n) is 7.74. The van der Waals surface area contributed by atoms with Crippen molar-refractivity contribution in [1.29, 1.82) is 0 Å². The topological polar surface area (TPSA) is 94.4 Å². The fourth-order valence-electron chi connectivity index (χ4n) is 3.50. The lowest BCUT2D eigenvalue weighted by Gasteiger charge is -2.25. The molecule has 1 aromatic carbocycles. The van der Waals surface area contributed by atoms with Crippen LogP contribution in [0.5, 0.6) is 0 Å². The summed E-state index contributed by atoms with van der Waals surface area (Å²) in [5.41, 5.74) is 0.106. The van der Waals surface area contributed by atoms with Crippen LogP contribution < -0.4 is 4.31 Å². The lowest BCUT2D eigenvalue weighted by molar-refractivity contribution is -0.137. The van der Waals surface area contributed by atoms with Gasteiger partial charge < -0.3 is 9.30 Å². The van der Waals surface area contributed by atoms with Crippen LogP contribution in [-0.2, 0) is 34.5 Å². The van der Waals surface area contributed by atoms with Crippen molar-refractivity contribution in [3.63, 3.8) is 0 Å². The molecule has 8 nitrogen and oxygen atoms in total. The van der Waals surface area contributed by atoms with Crippen molar-refractivity contribution in [3.05, 3.63) is 82.8 Å². The summed E-state index contributed by atoms with van der Waals surface area (Å²) in [5.74, 6) is -1.06. The Bertz CT molecular complexity index is 1550. The summed E-state index contributed by atoms with van der Waals surface area (Å²) in [6.45, 7) is -0.322. The monoisotopic (exact) mass is 538 g/mol. The number of carbonyl (C=O) groups excluding carboxylic acids is 1. The highest BCUT2D eigenvalue weighted by atomic mass is 35.5. The van der Waals surface area contributed by atoms with Gasteiger partial charge in [-0.25, -0.2) is 27.5 Å². The molecule has 0 aliphatic rings. The molecule has 0 N–H and O–H groups in total. The van der Waals surface area contributed by atoms with Crippen LogP contribution in [0.4, 0.5) is 19.0 Å². The van der Waals surface area contributed by atoms with E-state index in [1.165, 1.54) is 37.6 Å². The number of anilines is 1. The highest BCUT2D eigenvalue weighted by Gasteiger charge is 2.34. The van der Waals surface area contributed by atoms with Crippen LogP contribution in [0, 0.1) is 0 Å². The number of sulfonamides is 1. The van der Waals surface area contributed by atoms with Gasteiger partial charge in [0.2, 0.25) is 0 Å². The van der Waals surface area contributed by atoms with Crippen molar-refractivity contribution in [2.45, 2.75) is 17.6 Å². The lowest BCUT2D eigenvalue weighted by Crippen LogP contribution is -2.32. The zero-order valence-corrected chi connectivity index (χ0v) is 20.4. The largest absolute Gasteiger partial charge is 0.465 e. The van der Waals surface area contributed by atoms with E-state index in [1.54, 1.807) is 29.9 Å². The second kappa shape index (κ2) is 9.43. The molecule has 0 radical (unpaired) electrons. The Morgan fingerprint density at radius 2 is 1.81 bits per heavy atom. The van der Waals surface area contributed by atoms with Gasteiger partial charge in [-0.05, 0) is 48.0 Å². The normalized spacial score (nSPS) is 12.1. The number of alkyl halides is 3. The Balaban J connectivity index is 1.81. The summed E-state index contributed by atoms with van der Waals surface area (Å²) in [6.07, 6.45) is -0.954. The van der Waals surface area contributed by atoms with Crippen molar-refractivity contribution in [2.75, 3.05) is 11.4 Å². The summed E-state index contributed by atoms with van der Waals surface area (Å²) in [6, 6.07) is 9.01. The Morgan fingerprint density at radius 3 is 2.42 bits per heavy atom. The number of benzene rings is 1. The van der Waals surface area contributed by atoms with Gasteiger partial charge in [-0.3, -0.25) is 0 Å². The van der Waals surface area contributed by atoms with Crippen LogP contribution in [-0.4, -0.2) is 36.0 Å². The number of ether oxygens (including phenoxy) is 1. The molecular formula is C23H18ClF3N4O4S. The van der Waals surface area contributed by atoms with Crippen molar-refractivity contribution < 1.29 is 31.1 Å². The molecule has 0 unspecified atom stereocenters. The van der Waals surface area contributed by atoms with Crippen LogP contribution in [0.1, 0.15) is 21.5 Å². The first-order chi connectivity index (χ1) is 16.9. The van der Waals surface area contributed by atoms with Gasteiger partial charge >= 0.3 is 12.1 Å². The Morgan fingerprint density at radius 1 is 1.11 bits per heavy atom. The smallest absolute Gasteiger partial charge is 0.417 e. The minimum atomic E-state index is -4.72. The molecule has 188 valence electrons. The molecule has 0 amide bonds. The predicted octanol–water partition coefficient (Wildman–Crippen LogP) is 4.82. The third-order valence-electron chi connectivity index (χ3n) is 5.34. The van der Waals surface area contributed by atoms with E-state index >= 15 is 0 Å². The molecule has 4 rings (SSSR count). The summed E-state index contributed by atoms with van der Waals surface area (Å²) in [5, 5.41) is 0.231. The molecule has 0 fully saturated rings. The number of esters is 1. The average molecular weight is 539 g/mol. The summed E-state index contributed by atoms with van der Waals surface area (Å²) in [7, 11) is -1.41. The van der Waals surface area contributed by atoms with Crippen molar-refractivity contribution >= 4 is 44.4 Å². The maximum absolute atomic E-state index is 13.7.